The lowest BCUT2D eigenvalue weighted by atomic mass is 10.6. The fraction of sp³-hybridized carbons (Fsp3) is 0.400. The Kier molecular flexibility index (Phi) is 3.88. The van der Waals surface area contributed by atoms with Crippen molar-refractivity contribution < 1.29 is 14.3 Å². The molecule has 0 amide bonds. The van der Waals surface area contributed by atoms with Gasteiger partial charge in [-0.1, -0.05) is 6.58 Å². The lowest BCUT2D eigenvalue weighted by Gasteiger charge is -2.01. The highest BCUT2D eigenvalue weighted by molar-refractivity contribution is 6.61. The van der Waals surface area contributed by atoms with Crippen molar-refractivity contribution in [2.24, 2.45) is 0 Å². The third-order valence-electron chi connectivity index (χ3n) is 0.635. The van der Waals surface area contributed by atoms with E-state index in [0.717, 1.165) is 0 Å². The van der Waals surface area contributed by atoms with E-state index in [1.165, 1.54) is 7.11 Å². The van der Waals surface area contributed by atoms with Gasteiger partial charge in [0, 0.05) is 11.6 Å². The summed E-state index contributed by atoms with van der Waals surface area (Å²) in [4.78, 5) is 9.91. The van der Waals surface area contributed by atoms with Gasteiger partial charge < -0.3 is 9.47 Å². The number of rotatable bonds is 3. The molecule has 0 aliphatic heterocycles. The Morgan fingerprint density at radius 2 is 2.33 bits per heavy atom. The second-order valence-corrected chi connectivity index (χ2v) is 1.58. The van der Waals surface area contributed by atoms with Crippen molar-refractivity contribution in [3.63, 3.8) is 0 Å². The predicted octanol–water partition coefficient (Wildman–Crippen LogP) is 1.52. The second kappa shape index (κ2) is 4.21. The Morgan fingerprint density at radius 1 is 1.78 bits per heavy atom. The normalized spacial score (nSPS) is 8.22. The molecule has 0 aliphatic carbocycles. The summed E-state index contributed by atoms with van der Waals surface area (Å²) in [5.41, 5.74) is -0.854. The minimum absolute atomic E-state index is 0.0127. The van der Waals surface area contributed by atoms with Crippen LogP contribution >= 0.6 is 11.6 Å². The minimum Gasteiger partial charge on any atom is -0.498 e. The first kappa shape index (κ1) is 8.30. The molecule has 0 saturated carbocycles. The van der Waals surface area contributed by atoms with E-state index >= 15 is 0 Å². The van der Waals surface area contributed by atoms with Gasteiger partial charge in [-0.15, -0.1) is 0 Å². The van der Waals surface area contributed by atoms with E-state index in [9.17, 15) is 4.79 Å². The zero-order valence-corrected chi connectivity index (χ0v) is 5.77. The highest BCUT2D eigenvalue weighted by atomic mass is 35.5. The molecule has 4 heteroatoms. The summed E-state index contributed by atoms with van der Waals surface area (Å²) in [6, 6.07) is 0. The van der Waals surface area contributed by atoms with Gasteiger partial charge in [0.2, 0.25) is 0 Å². The molecule has 0 aromatic rings. The SMILES string of the molecule is C=C(COC(=O)Cl)OC. The molecule has 9 heavy (non-hydrogen) atoms. The second-order valence-electron chi connectivity index (χ2n) is 1.27. The monoisotopic (exact) mass is 150 g/mol. The van der Waals surface area contributed by atoms with E-state index in [2.05, 4.69) is 16.1 Å². The number of methoxy groups -OCH3 is 1. The first-order valence-corrected chi connectivity index (χ1v) is 2.58. The van der Waals surface area contributed by atoms with Crippen LogP contribution in [-0.4, -0.2) is 19.1 Å². The van der Waals surface area contributed by atoms with Crippen molar-refractivity contribution >= 4 is 17.0 Å². The van der Waals surface area contributed by atoms with Crippen LogP contribution in [0.2, 0.25) is 0 Å². The first-order chi connectivity index (χ1) is 4.16. The molecule has 0 spiro atoms. The maximum absolute atomic E-state index is 9.91. The number of halogens is 1. The third kappa shape index (κ3) is 5.17. The molecule has 52 valence electrons. The largest absolute Gasteiger partial charge is 0.498 e. The van der Waals surface area contributed by atoms with Crippen LogP contribution < -0.4 is 0 Å². The van der Waals surface area contributed by atoms with E-state index in [1.807, 2.05) is 0 Å². The highest BCUT2D eigenvalue weighted by Crippen LogP contribution is 1.94. The molecule has 0 unspecified atom stereocenters. The van der Waals surface area contributed by atoms with Crippen molar-refractivity contribution in [3.8, 4) is 0 Å². The minimum atomic E-state index is -0.854. The van der Waals surface area contributed by atoms with Gasteiger partial charge in [0.15, 0.2) is 0 Å². The summed E-state index contributed by atoms with van der Waals surface area (Å²) in [6.07, 6.45) is 0. The van der Waals surface area contributed by atoms with Crippen LogP contribution in [0.25, 0.3) is 0 Å². The van der Waals surface area contributed by atoms with Gasteiger partial charge in [-0.05, 0) is 0 Å². The molecule has 0 rings (SSSR count). The van der Waals surface area contributed by atoms with Gasteiger partial charge in [-0.3, -0.25) is 0 Å². The molecule has 3 nitrogen and oxygen atoms in total. The summed E-state index contributed by atoms with van der Waals surface area (Å²) in [6.45, 7) is 3.40. The molecule has 0 aromatic heterocycles. The van der Waals surface area contributed by atoms with Crippen LogP contribution in [0.15, 0.2) is 12.3 Å². The number of hydrogen-bond donors (Lipinski definition) is 0. The number of carbonyl (C=O) groups excluding carboxylic acids is 1. The molecule has 0 radical (unpaired) electrons. The van der Waals surface area contributed by atoms with Crippen molar-refractivity contribution in [1.82, 2.24) is 0 Å². The Balaban J connectivity index is 3.28. The Bertz CT molecular complexity index is 121. The summed E-state index contributed by atoms with van der Waals surface area (Å²) in [5.74, 6) is 0.365. The zero-order chi connectivity index (χ0) is 7.28. The maximum atomic E-state index is 9.91. The zero-order valence-electron chi connectivity index (χ0n) is 5.02. The van der Waals surface area contributed by atoms with E-state index < -0.39 is 5.43 Å². The van der Waals surface area contributed by atoms with Gasteiger partial charge in [-0.25, -0.2) is 4.79 Å². The molecule has 0 N–H and O–H groups in total. The smallest absolute Gasteiger partial charge is 0.404 e. The van der Waals surface area contributed by atoms with Crippen LogP contribution in [0.1, 0.15) is 0 Å². The average Bonchev–Trinajstić information content (AvgIpc) is 1.83. The highest BCUT2D eigenvalue weighted by Gasteiger charge is 1.96. The van der Waals surface area contributed by atoms with E-state index in [4.69, 9.17) is 11.6 Å². The van der Waals surface area contributed by atoms with E-state index in [-0.39, 0.29) is 6.61 Å². The molecule has 0 heterocycles. The van der Waals surface area contributed by atoms with Crippen molar-refractivity contribution in [2.75, 3.05) is 13.7 Å². The van der Waals surface area contributed by atoms with Crippen LogP contribution in [0.3, 0.4) is 0 Å². The molecule has 0 aromatic carbocycles. The molecular formula is C5H7ClO3. The number of hydrogen-bond acceptors (Lipinski definition) is 3. The summed E-state index contributed by atoms with van der Waals surface area (Å²) in [7, 11) is 1.43. The van der Waals surface area contributed by atoms with E-state index in [0.29, 0.717) is 5.76 Å². The van der Waals surface area contributed by atoms with Gasteiger partial charge in [0.05, 0.1) is 7.11 Å². The molecule has 0 bridgehead atoms. The first-order valence-electron chi connectivity index (χ1n) is 2.21. The summed E-state index contributed by atoms with van der Waals surface area (Å²) < 4.78 is 8.87. The van der Waals surface area contributed by atoms with E-state index in [1.54, 1.807) is 0 Å². The topological polar surface area (TPSA) is 35.5 Å². The van der Waals surface area contributed by atoms with Crippen molar-refractivity contribution in [3.05, 3.63) is 12.3 Å². The Labute approximate surface area is 58.2 Å². The fourth-order valence-corrected chi connectivity index (χ4v) is 0.251. The lowest BCUT2D eigenvalue weighted by Crippen LogP contribution is -1.99. The Hall–Kier alpha value is -0.700. The molecular weight excluding hydrogens is 144 g/mol. The van der Waals surface area contributed by atoms with Crippen LogP contribution in [0.5, 0.6) is 0 Å². The molecule has 0 fully saturated rings. The van der Waals surface area contributed by atoms with Crippen LogP contribution in [-0.2, 0) is 9.47 Å². The molecule has 0 aliphatic rings. The maximum Gasteiger partial charge on any atom is 0.404 e. The lowest BCUT2D eigenvalue weighted by molar-refractivity contribution is 0.156. The summed E-state index contributed by atoms with van der Waals surface area (Å²) >= 11 is 4.82. The van der Waals surface area contributed by atoms with Gasteiger partial charge in [0.25, 0.3) is 0 Å². The van der Waals surface area contributed by atoms with Crippen LogP contribution in [0.4, 0.5) is 4.79 Å². The molecule has 0 atom stereocenters. The number of ether oxygens (including phenoxy) is 2. The standard InChI is InChI=1S/C5H7ClO3/c1-4(8-2)3-9-5(6)7/h1,3H2,2H3. The average molecular weight is 151 g/mol. The Morgan fingerprint density at radius 3 is 2.67 bits per heavy atom. The van der Waals surface area contributed by atoms with Gasteiger partial charge in [-0.2, -0.15) is 0 Å². The third-order valence-corrected chi connectivity index (χ3v) is 0.744. The molecule has 0 saturated heterocycles. The fourth-order valence-electron chi connectivity index (χ4n) is 0.196. The van der Waals surface area contributed by atoms with Gasteiger partial charge in [0.1, 0.15) is 12.4 Å². The van der Waals surface area contributed by atoms with Crippen molar-refractivity contribution in [1.29, 1.82) is 0 Å². The predicted molar refractivity (Wildman–Crippen MR) is 33.3 cm³/mol. The summed E-state index contributed by atoms with van der Waals surface area (Å²) in [5, 5.41) is 0. The quantitative estimate of drug-likeness (QED) is 0.452. The van der Waals surface area contributed by atoms with Crippen molar-refractivity contribution in [2.45, 2.75) is 0 Å². The number of carbonyl (C=O) groups is 1. The van der Waals surface area contributed by atoms with Crippen LogP contribution in [0, 0.1) is 0 Å². The van der Waals surface area contributed by atoms with Gasteiger partial charge >= 0.3 is 5.43 Å².